The van der Waals surface area contributed by atoms with Crippen LogP contribution >= 0.6 is 11.6 Å². The van der Waals surface area contributed by atoms with Gasteiger partial charge in [-0.15, -0.1) is 0 Å². The number of pyridine rings is 1. The van der Waals surface area contributed by atoms with E-state index in [0.717, 1.165) is 6.42 Å². The summed E-state index contributed by atoms with van der Waals surface area (Å²) in [7, 11) is 0. The van der Waals surface area contributed by atoms with Crippen LogP contribution < -0.4 is 0 Å². The van der Waals surface area contributed by atoms with E-state index in [1.807, 2.05) is 6.92 Å². The first kappa shape index (κ1) is 10.4. The smallest absolute Gasteiger partial charge is 0.157 e. The minimum Gasteiger partial charge on any atom is -0.396 e. The fraction of sp³-hybridized carbons (Fsp3) is 0.400. The minimum absolute atomic E-state index is 0.00340. The molecule has 0 saturated carbocycles. The van der Waals surface area contributed by atoms with Crippen molar-refractivity contribution in [1.82, 2.24) is 14.6 Å². The maximum Gasteiger partial charge on any atom is 0.157 e. The van der Waals surface area contributed by atoms with Gasteiger partial charge in [0.25, 0.3) is 0 Å². The Labute approximate surface area is 92.5 Å². The van der Waals surface area contributed by atoms with Crippen LogP contribution in [0, 0.1) is 0 Å². The molecule has 0 amide bonds. The van der Waals surface area contributed by atoms with Gasteiger partial charge in [-0.25, -0.2) is 9.50 Å². The van der Waals surface area contributed by atoms with Crippen LogP contribution in [0.3, 0.4) is 0 Å². The topological polar surface area (TPSA) is 50.4 Å². The highest BCUT2D eigenvalue weighted by Crippen LogP contribution is 2.17. The molecule has 2 aromatic heterocycles. The molecule has 0 radical (unpaired) electrons. The Morgan fingerprint density at radius 1 is 1.60 bits per heavy atom. The number of hydrogen-bond donors (Lipinski definition) is 1. The highest BCUT2D eigenvalue weighted by atomic mass is 35.5. The molecule has 0 aliphatic carbocycles. The molecule has 0 fully saturated rings. The lowest BCUT2D eigenvalue weighted by Gasteiger charge is -2.04. The lowest BCUT2D eigenvalue weighted by atomic mass is 10.1. The van der Waals surface area contributed by atoms with Gasteiger partial charge < -0.3 is 5.11 Å². The third-order valence-electron chi connectivity index (χ3n) is 2.39. The number of aliphatic hydroxyl groups is 1. The van der Waals surface area contributed by atoms with Crippen molar-refractivity contribution in [2.45, 2.75) is 19.3 Å². The third kappa shape index (κ3) is 1.96. The molecule has 0 aromatic carbocycles. The minimum atomic E-state index is 0.00340. The molecular formula is C10H12ClN3O. The maximum atomic E-state index is 9.14. The number of fused-ring (bicyclic) bond motifs is 1. The molecule has 1 N–H and O–H groups in total. The Morgan fingerprint density at radius 3 is 3.07 bits per heavy atom. The summed E-state index contributed by atoms with van der Waals surface area (Å²) in [5, 5.41) is 14.1. The molecular weight excluding hydrogens is 214 g/mol. The van der Waals surface area contributed by atoms with Crippen molar-refractivity contribution < 1.29 is 5.11 Å². The molecule has 2 heterocycles. The first-order valence-electron chi connectivity index (χ1n) is 4.87. The van der Waals surface area contributed by atoms with Gasteiger partial charge in [-0.3, -0.25) is 0 Å². The summed E-state index contributed by atoms with van der Waals surface area (Å²) in [5.41, 5.74) is 0.712. The number of nitrogens with zero attached hydrogens (tertiary/aromatic N) is 3. The largest absolute Gasteiger partial charge is 0.396 e. The van der Waals surface area contributed by atoms with E-state index in [-0.39, 0.29) is 12.5 Å². The molecule has 1 unspecified atom stereocenters. The van der Waals surface area contributed by atoms with Gasteiger partial charge in [0.1, 0.15) is 0 Å². The fourth-order valence-electron chi connectivity index (χ4n) is 1.44. The average Bonchev–Trinajstić information content (AvgIpc) is 2.62. The van der Waals surface area contributed by atoms with E-state index in [0.29, 0.717) is 16.5 Å². The van der Waals surface area contributed by atoms with E-state index in [9.17, 15) is 0 Å². The molecule has 1 atom stereocenters. The van der Waals surface area contributed by atoms with Crippen LogP contribution in [0.15, 0.2) is 18.3 Å². The predicted octanol–water partition coefficient (Wildman–Crippen LogP) is 1.87. The van der Waals surface area contributed by atoms with E-state index < -0.39 is 0 Å². The molecule has 0 saturated heterocycles. The monoisotopic (exact) mass is 225 g/mol. The zero-order chi connectivity index (χ0) is 10.8. The van der Waals surface area contributed by atoms with Gasteiger partial charge in [-0.05, 0) is 12.5 Å². The molecule has 2 aromatic rings. The van der Waals surface area contributed by atoms with Crippen molar-refractivity contribution in [3.8, 4) is 0 Å². The van der Waals surface area contributed by atoms with E-state index in [1.165, 1.54) is 0 Å². The molecule has 5 heteroatoms. The van der Waals surface area contributed by atoms with Gasteiger partial charge in [-0.2, -0.15) is 5.10 Å². The highest BCUT2D eigenvalue weighted by Gasteiger charge is 2.13. The normalized spacial score (nSPS) is 13.3. The first-order valence-corrected chi connectivity index (χ1v) is 5.25. The van der Waals surface area contributed by atoms with Gasteiger partial charge in [0.2, 0.25) is 0 Å². The van der Waals surface area contributed by atoms with Crippen LogP contribution in [-0.2, 0) is 0 Å². The number of rotatable bonds is 3. The van der Waals surface area contributed by atoms with Crippen LogP contribution in [0.1, 0.15) is 25.1 Å². The van der Waals surface area contributed by atoms with Gasteiger partial charge in [0.05, 0.1) is 6.61 Å². The second-order valence-electron chi connectivity index (χ2n) is 3.41. The van der Waals surface area contributed by atoms with Crippen molar-refractivity contribution in [2.24, 2.45) is 0 Å². The predicted molar refractivity (Wildman–Crippen MR) is 58.1 cm³/mol. The second kappa shape index (κ2) is 4.16. The number of aromatic nitrogens is 3. The zero-order valence-electron chi connectivity index (χ0n) is 8.39. The number of aliphatic hydroxyl groups excluding tert-OH is 1. The van der Waals surface area contributed by atoms with Gasteiger partial charge in [0, 0.05) is 23.2 Å². The molecule has 80 valence electrons. The van der Waals surface area contributed by atoms with E-state index in [2.05, 4.69) is 10.1 Å². The van der Waals surface area contributed by atoms with Crippen LogP contribution in [0.5, 0.6) is 0 Å². The average molecular weight is 226 g/mol. The Kier molecular flexibility index (Phi) is 2.88. The molecule has 4 nitrogen and oxygen atoms in total. The lowest BCUT2D eigenvalue weighted by Crippen LogP contribution is -2.04. The number of halogens is 1. The molecule has 0 aliphatic heterocycles. The summed E-state index contributed by atoms with van der Waals surface area (Å²) >= 11 is 5.84. The summed E-state index contributed by atoms with van der Waals surface area (Å²) in [4.78, 5) is 4.32. The van der Waals surface area contributed by atoms with Crippen molar-refractivity contribution in [3.05, 3.63) is 29.2 Å². The summed E-state index contributed by atoms with van der Waals surface area (Å²) in [6.07, 6.45) is 2.58. The van der Waals surface area contributed by atoms with Gasteiger partial charge in [-0.1, -0.05) is 18.5 Å². The van der Waals surface area contributed by atoms with Gasteiger partial charge >= 0.3 is 0 Å². The molecule has 0 aliphatic rings. The molecule has 0 spiro atoms. The SMILES string of the molecule is CCC(CO)c1nc2cc(Cl)ccn2n1. The Morgan fingerprint density at radius 2 is 2.40 bits per heavy atom. The number of hydrogen-bond acceptors (Lipinski definition) is 3. The van der Waals surface area contributed by atoms with E-state index >= 15 is 0 Å². The fourth-order valence-corrected chi connectivity index (χ4v) is 1.59. The van der Waals surface area contributed by atoms with Crippen molar-refractivity contribution >= 4 is 17.2 Å². The van der Waals surface area contributed by atoms with Crippen molar-refractivity contribution in [1.29, 1.82) is 0 Å². The summed E-state index contributed by atoms with van der Waals surface area (Å²) in [6.45, 7) is 2.07. The van der Waals surface area contributed by atoms with Crippen molar-refractivity contribution in [2.75, 3.05) is 6.61 Å². The van der Waals surface area contributed by atoms with Crippen LogP contribution in [0.2, 0.25) is 5.02 Å². The summed E-state index contributed by atoms with van der Waals surface area (Å²) in [6, 6.07) is 3.51. The van der Waals surface area contributed by atoms with Crippen LogP contribution in [0.4, 0.5) is 0 Å². The quantitative estimate of drug-likeness (QED) is 0.868. The Hall–Kier alpha value is -1.13. The van der Waals surface area contributed by atoms with Crippen LogP contribution in [-0.4, -0.2) is 26.3 Å². The second-order valence-corrected chi connectivity index (χ2v) is 3.84. The van der Waals surface area contributed by atoms with Gasteiger partial charge in [0.15, 0.2) is 11.5 Å². The van der Waals surface area contributed by atoms with E-state index in [4.69, 9.17) is 16.7 Å². The summed E-state index contributed by atoms with van der Waals surface area (Å²) < 4.78 is 1.67. The first-order chi connectivity index (χ1) is 7.24. The molecule has 2 rings (SSSR count). The lowest BCUT2D eigenvalue weighted by molar-refractivity contribution is 0.257. The summed E-state index contributed by atoms with van der Waals surface area (Å²) in [5.74, 6) is 0.672. The Bertz CT molecular complexity index is 465. The highest BCUT2D eigenvalue weighted by molar-refractivity contribution is 6.30. The zero-order valence-corrected chi connectivity index (χ0v) is 9.15. The third-order valence-corrected chi connectivity index (χ3v) is 2.63. The van der Waals surface area contributed by atoms with E-state index in [1.54, 1.807) is 22.8 Å². The Balaban J connectivity index is 2.46. The molecule has 0 bridgehead atoms. The molecule has 15 heavy (non-hydrogen) atoms. The maximum absolute atomic E-state index is 9.14. The van der Waals surface area contributed by atoms with Crippen molar-refractivity contribution in [3.63, 3.8) is 0 Å². The van der Waals surface area contributed by atoms with Crippen LogP contribution in [0.25, 0.3) is 5.65 Å². The standard InChI is InChI=1S/C10H12ClN3O/c1-2-7(6-15)10-12-9-5-8(11)3-4-14(9)13-10/h3-5,7,15H,2,6H2,1H3.